The van der Waals surface area contributed by atoms with Crippen molar-refractivity contribution in [3.05, 3.63) is 23.0 Å². The Hall–Kier alpha value is -1.23. The van der Waals surface area contributed by atoms with Gasteiger partial charge in [0, 0.05) is 24.9 Å². The van der Waals surface area contributed by atoms with Crippen molar-refractivity contribution in [1.29, 1.82) is 5.26 Å². The van der Waals surface area contributed by atoms with Crippen molar-refractivity contribution in [3.63, 3.8) is 0 Å². The molecule has 0 unspecified atom stereocenters. The topological polar surface area (TPSA) is 28.7 Å². The molecule has 2 nitrogen and oxygen atoms in total. The molecule has 76 valence electrons. The molecule has 0 spiro atoms. The predicted octanol–water partition coefficient (Wildman–Crippen LogP) is 3.11. The number of hydrogen-bond donors (Lipinski definition) is 0. The summed E-state index contributed by atoms with van der Waals surface area (Å²) < 4.78 is 2.29. The van der Waals surface area contributed by atoms with Crippen molar-refractivity contribution in [1.82, 2.24) is 4.57 Å². The third-order valence-corrected chi connectivity index (χ3v) is 2.85. The Morgan fingerprint density at radius 2 is 2.00 bits per heavy atom. The lowest BCUT2D eigenvalue weighted by atomic mass is 10.2. The first-order valence-corrected chi connectivity index (χ1v) is 5.16. The smallest absolute Gasteiger partial charge is 0.0621 e. The molecule has 0 saturated heterocycles. The normalized spacial score (nSPS) is 10.1. The first-order chi connectivity index (χ1) is 6.66. The Labute approximate surface area is 86.2 Å². The van der Waals surface area contributed by atoms with Gasteiger partial charge in [-0.25, -0.2) is 0 Å². The molecule has 0 atom stereocenters. The molecular weight excluding hydrogens is 172 g/mol. The molecule has 0 N–H and O–H groups in total. The lowest BCUT2D eigenvalue weighted by Crippen LogP contribution is -1.98. The second kappa shape index (κ2) is 4.85. The van der Waals surface area contributed by atoms with Crippen LogP contribution in [0.15, 0.2) is 6.20 Å². The molecule has 1 aromatic rings. The van der Waals surface area contributed by atoms with Gasteiger partial charge in [0.25, 0.3) is 0 Å². The Morgan fingerprint density at radius 1 is 1.29 bits per heavy atom. The van der Waals surface area contributed by atoms with E-state index in [0.717, 1.165) is 19.4 Å². The second-order valence-electron chi connectivity index (χ2n) is 3.83. The number of rotatable bonds is 4. The molecule has 1 heterocycles. The molecule has 0 aromatic carbocycles. The van der Waals surface area contributed by atoms with Crippen LogP contribution in [0.2, 0.25) is 0 Å². The van der Waals surface area contributed by atoms with Gasteiger partial charge in [-0.2, -0.15) is 5.26 Å². The van der Waals surface area contributed by atoms with E-state index in [-0.39, 0.29) is 0 Å². The van der Waals surface area contributed by atoms with E-state index in [4.69, 9.17) is 5.26 Å². The highest BCUT2D eigenvalue weighted by Crippen LogP contribution is 2.15. The van der Waals surface area contributed by atoms with Crippen LogP contribution in [0.3, 0.4) is 0 Å². The van der Waals surface area contributed by atoms with Gasteiger partial charge in [-0.1, -0.05) is 0 Å². The molecular formula is C12H18N2. The largest absolute Gasteiger partial charge is 0.351 e. The highest BCUT2D eigenvalue weighted by Gasteiger charge is 2.03. The number of aromatic nitrogens is 1. The Balaban J connectivity index is 2.52. The molecule has 1 rings (SSSR count). The SMILES string of the molecule is Cc1cn(CCCCC#N)c(C)c1C. The third-order valence-electron chi connectivity index (χ3n) is 2.85. The van der Waals surface area contributed by atoms with Gasteiger partial charge in [-0.15, -0.1) is 0 Å². The summed E-state index contributed by atoms with van der Waals surface area (Å²) >= 11 is 0. The summed E-state index contributed by atoms with van der Waals surface area (Å²) in [5.41, 5.74) is 4.12. The molecule has 0 radical (unpaired) electrons. The van der Waals surface area contributed by atoms with Gasteiger partial charge in [0.15, 0.2) is 0 Å². The lowest BCUT2D eigenvalue weighted by Gasteiger charge is -2.04. The minimum absolute atomic E-state index is 0.679. The van der Waals surface area contributed by atoms with Gasteiger partial charge < -0.3 is 4.57 Å². The van der Waals surface area contributed by atoms with E-state index < -0.39 is 0 Å². The number of aryl methyl sites for hydroxylation is 2. The average molecular weight is 190 g/mol. The van der Waals surface area contributed by atoms with Crippen LogP contribution in [0.25, 0.3) is 0 Å². The minimum atomic E-state index is 0.679. The third kappa shape index (κ3) is 2.38. The Kier molecular flexibility index (Phi) is 3.76. The summed E-state index contributed by atoms with van der Waals surface area (Å²) in [6.07, 6.45) is 4.99. The molecule has 2 heteroatoms. The fraction of sp³-hybridized carbons (Fsp3) is 0.583. The van der Waals surface area contributed by atoms with Crippen LogP contribution in [0.1, 0.15) is 36.1 Å². The Morgan fingerprint density at radius 3 is 2.50 bits per heavy atom. The summed E-state index contributed by atoms with van der Waals surface area (Å²) in [5, 5.41) is 8.41. The standard InChI is InChI=1S/C12H18N2/c1-10-9-14(12(3)11(10)2)8-6-4-5-7-13/h9H,4-6,8H2,1-3H3. The van der Waals surface area contributed by atoms with Gasteiger partial charge in [0.2, 0.25) is 0 Å². The highest BCUT2D eigenvalue weighted by molar-refractivity contribution is 5.28. The van der Waals surface area contributed by atoms with Crippen molar-refractivity contribution in [2.24, 2.45) is 0 Å². The summed E-state index contributed by atoms with van der Waals surface area (Å²) in [6.45, 7) is 7.51. The van der Waals surface area contributed by atoms with Crippen molar-refractivity contribution in [2.45, 2.75) is 46.6 Å². The molecule has 0 aliphatic carbocycles. The molecule has 0 bridgehead atoms. The van der Waals surface area contributed by atoms with Crippen LogP contribution < -0.4 is 0 Å². The lowest BCUT2D eigenvalue weighted by molar-refractivity contribution is 0.606. The monoisotopic (exact) mass is 190 g/mol. The first kappa shape index (κ1) is 10.8. The van der Waals surface area contributed by atoms with E-state index >= 15 is 0 Å². The van der Waals surface area contributed by atoms with E-state index in [0.29, 0.717) is 6.42 Å². The predicted molar refractivity (Wildman–Crippen MR) is 58.1 cm³/mol. The van der Waals surface area contributed by atoms with Crippen LogP contribution >= 0.6 is 0 Å². The van der Waals surface area contributed by atoms with Crippen molar-refractivity contribution >= 4 is 0 Å². The van der Waals surface area contributed by atoms with Crippen LogP contribution in [-0.2, 0) is 6.54 Å². The summed E-state index contributed by atoms with van der Waals surface area (Å²) in [6, 6.07) is 2.18. The maximum atomic E-state index is 8.41. The molecule has 0 aliphatic rings. The van der Waals surface area contributed by atoms with Crippen LogP contribution in [0, 0.1) is 32.1 Å². The summed E-state index contributed by atoms with van der Waals surface area (Å²) in [7, 11) is 0. The average Bonchev–Trinajstić information content (AvgIpc) is 2.41. The van der Waals surface area contributed by atoms with Crippen LogP contribution in [0.4, 0.5) is 0 Å². The van der Waals surface area contributed by atoms with Crippen molar-refractivity contribution in [3.8, 4) is 6.07 Å². The number of nitriles is 1. The minimum Gasteiger partial charge on any atom is -0.351 e. The Bertz CT molecular complexity index is 342. The van der Waals surface area contributed by atoms with Gasteiger partial charge in [-0.3, -0.25) is 0 Å². The van der Waals surface area contributed by atoms with E-state index in [1.165, 1.54) is 16.8 Å². The molecule has 0 fully saturated rings. The van der Waals surface area contributed by atoms with Crippen LogP contribution in [0.5, 0.6) is 0 Å². The number of unbranched alkanes of at least 4 members (excludes halogenated alkanes) is 2. The van der Waals surface area contributed by atoms with Crippen molar-refractivity contribution < 1.29 is 0 Å². The molecule has 0 aliphatic heterocycles. The fourth-order valence-corrected chi connectivity index (χ4v) is 1.65. The van der Waals surface area contributed by atoms with Gasteiger partial charge in [0.1, 0.15) is 0 Å². The van der Waals surface area contributed by atoms with Gasteiger partial charge >= 0.3 is 0 Å². The summed E-state index contributed by atoms with van der Waals surface area (Å²) in [5.74, 6) is 0. The highest BCUT2D eigenvalue weighted by atomic mass is 15.0. The zero-order valence-corrected chi connectivity index (χ0v) is 9.30. The number of nitrogens with zero attached hydrogens (tertiary/aromatic N) is 2. The fourth-order valence-electron chi connectivity index (χ4n) is 1.65. The maximum absolute atomic E-state index is 8.41. The first-order valence-electron chi connectivity index (χ1n) is 5.16. The molecule has 0 saturated carbocycles. The second-order valence-corrected chi connectivity index (χ2v) is 3.83. The molecule has 0 amide bonds. The quantitative estimate of drug-likeness (QED) is 0.671. The molecule has 1 aromatic heterocycles. The zero-order chi connectivity index (χ0) is 10.6. The zero-order valence-electron chi connectivity index (χ0n) is 9.30. The summed E-state index contributed by atoms with van der Waals surface area (Å²) in [4.78, 5) is 0. The van der Waals surface area contributed by atoms with E-state index in [1.54, 1.807) is 0 Å². The van der Waals surface area contributed by atoms with Crippen LogP contribution in [-0.4, -0.2) is 4.57 Å². The van der Waals surface area contributed by atoms with E-state index in [9.17, 15) is 0 Å². The van der Waals surface area contributed by atoms with E-state index in [2.05, 4.69) is 37.6 Å². The maximum Gasteiger partial charge on any atom is 0.0621 e. The molecule has 14 heavy (non-hydrogen) atoms. The van der Waals surface area contributed by atoms with Crippen molar-refractivity contribution in [2.75, 3.05) is 0 Å². The number of hydrogen-bond acceptors (Lipinski definition) is 1. The van der Waals surface area contributed by atoms with E-state index in [1.807, 2.05) is 0 Å². The van der Waals surface area contributed by atoms with Gasteiger partial charge in [0.05, 0.1) is 6.07 Å². The van der Waals surface area contributed by atoms with Gasteiger partial charge in [-0.05, 0) is 44.7 Å².